The zero-order valence-electron chi connectivity index (χ0n) is 14.2. The Hall–Kier alpha value is -1.88. The van der Waals surface area contributed by atoms with Crippen LogP contribution in [0.5, 0.6) is 0 Å². The molecule has 0 aliphatic heterocycles. The van der Waals surface area contributed by atoms with Gasteiger partial charge in [-0.15, -0.1) is 11.3 Å². The number of carbonyl (C=O) groups excluding carboxylic acids is 2. The summed E-state index contributed by atoms with van der Waals surface area (Å²) in [5.41, 5.74) is 0.539. The van der Waals surface area contributed by atoms with Gasteiger partial charge in [0.1, 0.15) is 0 Å². The van der Waals surface area contributed by atoms with Crippen molar-refractivity contribution in [3.8, 4) is 0 Å². The minimum Gasteiger partial charge on any atom is -0.452 e. The number of hydrogen-bond acceptors (Lipinski definition) is 4. The van der Waals surface area contributed by atoms with E-state index in [9.17, 15) is 9.59 Å². The van der Waals surface area contributed by atoms with E-state index in [0.717, 1.165) is 41.7 Å². The van der Waals surface area contributed by atoms with Crippen molar-refractivity contribution in [2.45, 2.75) is 38.6 Å². The van der Waals surface area contributed by atoms with Gasteiger partial charge in [-0.25, -0.2) is 4.79 Å². The van der Waals surface area contributed by atoms with E-state index in [1.807, 2.05) is 31.3 Å². The van der Waals surface area contributed by atoms with Crippen molar-refractivity contribution in [3.05, 3.63) is 35.2 Å². The molecule has 0 N–H and O–H groups in total. The smallest absolute Gasteiger partial charge is 0.340 e. The molecule has 0 radical (unpaired) electrons. The summed E-state index contributed by atoms with van der Waals surface area (Å²) in [6.07, 6.45) is 4.38. The molecule has 0 saturated heterocycles. The Kier molecular flexibility index (Phi) is 5.19. The molecule has 1 aliphatic carbocycles. The molecule has 1 saturated carbocycles. The van der Waals surface area contributed by atoms with Crippen molar-refractivity contribution in [1.29, 1.82) is 0 Å². The summed E-state index contributed by atoms with van der Waals surface area (Å²) in [5, 5.41) is 2.68. The normalized spacial score (nSPS) is 20.8. The van der Waals surface area contributed by atoms with Gasteiger partial charge in [0.25, 0.3) is 5.91 Å². The average Bonchev–Trinajstić information content (AvgIpc) is 3.03. The van der Waals surface area contributed by atoms with E-state index in [1.54, 1.807) is 10.3 Å². The third-order valence-corrected chi connectivity index (χ3v) is 5.92. The minimum atomic E-state index is -0.425. The summed E-state index contributed by atoms with van der Waals surface area (Å²) >= 11 is 1.51. The molecule has 0 bridgehead atoms. The lowest BCUT2D eigenvalue weighted by molar-refractivity contribution is -0.136. The van der Waals surface area contributed by atoms with Gasteiger partial charge < -0.3 is 9.64 Å². The predicted molar refractivity (Wildman–Crippen MR) is 96.3 cm³/mol. The summed E-state index contributed by atoms with van der Waals surface area (Å²) in [5.74, 6) is 0.198. The molecule has 24 heavy (non-hydrogen) atoms. The van der Waals surface area contributed by atoms with Gasteiger partial charge in [-0.1, -0.05) is 25.1 Å². The first kappa shape index (κ1) is 17.0. The number of ether oxygens (including phenoxy) is 1. The summed E-state index contributed by atoms with van der Waals surface area (Å²) in [6.45, 7) is 2.07. The number of rotatable bonds is 4. The lowest BCUT2D eigenvalue weighted by atomic mass is 9.87. The van der Waals surface area contributed by atoms with Crippen LogP contribution in [-0.2, 0) is 9.53 Å². The standard InChI is InChI=1S/C19H23NO3S/c1-13-7-9-14(10-8-13)20(2)18(21)11-23-19(22)16-12-24-17-6-4-3-5-15(16)17/h3-6,12-14H,7-11H2,1-2H3. The highest BCUT2D eigenvalue weighted by molar-refractivity contribution is 7.17. The highest BCUT2D eigenvalue weighted by Gasteiger charge is 2.25. The second kappa shape index (κ2) is 7.34. The van der Waals surface area contributed by atoms with E-state index in [1.165, 1.54) is 11.3 Å². The van der Waals surface area contributed by atoms with Crippen LogP contribution in [-0.4, -0.2) is 36.5 Å². The van der Waals surface area contributed by atoms with Gasteiger partial charge in [-0.2, -0.15) is 0 Å². The van der Waals surface area contributed by atoms with Gasteiger partial charge in [-0.05, 0) is 37.7 Å². The van der Waals surface area contributed by atoms with E-state index in [4.69, 9.17) is 4.74 Å². The monoisotopic (exact) mass is 345 g/mol. The summed E-state index contributed by atoms with van der Waals surface area (Å²) in [4.78, 5) is 26.3. The van der Waals surface area contributed by atoms with Crippen LogP contribution in [0, 0.1) is 5.92 Å². The van der Waals surface area contributed by atoms with Crippen LogP contribution in [0.4, 0.5) is 0 Å². The van der Waals surface area contributed by atoms with Gasteiger partial charge in [0, 0.05) is 28.6 Å². The fraction of sp³-hybridized carbons (Fsp3) is 0.474. The predicted octanol–water partition coefficient (Wildman–Crippen LogP) is 4.10. The number of thiophene rings is 1. The fourth-order valence-electron chi connectivity index (χ4n) is 3.28. The first-order valence-electron chi connectivity index (χ1n) is 8.45. The largest absolute Gasteiger partial charge is 0.452 e. The molecule has 0 unspecified atom stereocenters. The third-order valence-electron chi connectivity index (χ3n) is 4.95. The van der Waals surface area contributed by atoms with Crippen molar-refractivity contribution < 1.29 is 14.3 Å². The number of hydrogen-bond donors (Lipinski definition) is 0. The maximum Gasteiger partial charge on any atom is 0.340 e. The van der Waals surface area contributed by atoms with Crippen LogP contribution >= 0.6 is 11.3 Å². The first-order chi connectivity index (χ1) is 11.6. The number of carbonyl (C=O) groups is 2. The molecular formula is C19H23NO3S. The Balaban J connectivity index is 1.56. The molecule has 5 heteroatoms. The van der Waals surface area contributed by atoms with Gasteiger partial charge >= 0.3 is 5.97 Å². The van der Waals surface area contributed by atoms with Gasteiger partial charge in [0.2, 0.25) is 0 Å². The molecule has 1 aromatic carbocycles. The molecule has 2 aromatic rings. The van der Waals surface area contributed by atoms with E-state index in [-0.39, 0.29) is 18.6 Å². The van der Waals surface area contributed by atoms with Crippen molar-refractivity contribution in [1.82, 2.24) is 4.90 Å². The molecule has 0 spiro atoms. The quantitative estimate of drug-likeness (QED) is 0.784. The van der Waals surface area contributed by atoms with Crippen LogP contribution in [0.2, 0.25) is 0 Å². The van der Waals surface area contributed by atoms with Gasteiger partial charge in [0.05, 0.1) is 5.56 Å². The van der Waals surface area contributed by atoms with Crippen LogP contribution in [0.15, 0.2) is 29.6 Å². The fourth-order valence-corrected chi connectivity index (χ4v) is 4.21. The zero-order chi connectivity index (χ0) is 17.1. The van der Waals surface area contributed by atoms with Crippen molar-refractivity contribution in [2.75, 3.05) is 13.7 Å². The van der Waals surface area contributed by atoms with Crippen LogP contribution in [0.1, 0.15) is 43.0 Å². The Labute approximate surface area is 146 Å². The molecule has 1 amide bonds. The molecule has 3 rings (SSSR count). The Morgan fingerprint density at radius 2 is 1.92 bits per heavy atom. The Morgan fingerprint density at radius 1 is 1.21 bits per heavy atom. The van der Waals surface area contributed by atoms with Gasteiger partial charge in [-0.3, -0.25) is 4.79 Å². The molecular weight excluding hydrogens is 322 g/mol. The van der Waals surface area contributed by atoms with Crippen molar-refractivity contribution in [2.24, 2.45) is 5.92 Å². The zero-order valence-corrected chi connectivity index (χ0v) is 15.0. The first-order valence-corrected chi connectivity index (χ1v) is 9.33. The summed E-state index contributed by atoms with van der Waals surface area (Å²) in [6, 6.07) is 7.99. The molecule has 1 aliphatic rings. The van der Waals surface area contributed by atoms with Gasteiger partial charge in [0.15, 0.2) is 6.61 Å². The second-order valence-corrected chi connectivity index (χ2v) is 7.55. The molecule has 128 valence electrons. The number of likely N-dealkylation sites (N-methyl/N-ethyl adjacent to an activating group) is 1. The summed E-state index contributed by atoms with van der Waals surface area (Å²) < 4.78 is 6.31. The minimum absolute atomic E-state index is 0.123. The van der Waals surface area contributed by atoms with E-state index >= 15 is 0 Å². The number of fused-ring (bicyclic) bond motifs is 1. The SMILES string of the molecule is CC1CCC(N(C)C(=O)COC(=O)c2csc3ccccc23)CC1. The highest BCUT2D eigenvalue weighted by Crippen LogP contribution is 2.27. The van der Waals surface area contributed by atoms with E-state index in [0.29, 0.717) is 5.56 Å². The number of amides is 1. The molecule has 1 aromatic heterocycles. The van der Waals surface area contributed by atoms with Crippen molar-refractivity contribution in [3.63, 3.8) is 0 Å². The molecule has 1 fully saturated rings. The lowest BCUT2D eigenvalue weighted by Crippen LogP contribution is -2.41. The molecule has 0 atom stereocenters. The van der Waals surface area contributed by atoms with E-state index in [2.05, 4.69) is 6.92 Å². The van der Waals surface area contributed by atoms with E-state index < -0.39 is 5.97 Å². The maximum absolute atomic E-state index is 12.3. The summed E-state index contributed by atoms with van der Waals surface area (Å²) in [7, 11) is 1.82. The van der Waals surface area contributed by atoms with Crippen LogP contribution in [0.3, 0.4) is 0 Å². The third kappa shape index (κ3) is 3.61. The lowest BCUT2D eigenvalue weighted by Gasteiger charge is -2.33. The second-order valence-electron chi connectivity index (χ2n) is 6.64. The topological polar surface area (TPSA) is 46.6 Å². The van der Waals surface area contributed by atoms with Crippen LogP contribution in [0.25, 0.3) is 10.1 Å². The Bertz CT molecular complexity index is 731. The number of esters is 1. The van der Waals surface area contributed by atoms with Crippen LogP contribution < -0.4 is 0 Å². The average molecular weight is 345 g/mol. The maximum atomic E-state index is 12.3. The highest BCUT2D eigenvalue weighted by atomic mass is 32.1. The molecule has 4 nitrogen and oxygen atoms in total. The van der Waals surface area contributed by atoms with Crippen molar-refractivity contribution >= 4 is 33.3 Å². The number of nitrogens with zero attached hydrogens (tertiary/aromatic N) is 1. The Morgan fingerprint density at radius 3 is 2.67 bits per heavy atom. The number of benzene rings is 1. The molecule has 1 heterocycles.